The van der Waals surface area contributed by atoms with Crippen LogP contribution in [0.25, 0.3) is 21.0 Å². The maximum absolute atomic E-state index is 13.5. The van der Waals surface area contributed by atoms with Gasteiger partial charge in [-0.15, -0.1) is 11.3 Å². The molecule has 0 saturated carbocycles. The van der Waals surface area contributed by atoms with Gasteiger partial charge >= 0.3 is 0 Å². The average molecular weight is 598 g/mol. The number of benzene rings is 2. The molecule has 4 aromatic rings. The Balaban J connectivity index is 0.973. The fourth-order valence-corrected chi connectivity index (χ4v) is 8.81. The van der Waals surface area contributed by atoms with E-state index >= 15 is 0 Å². The van der Waals surface area contributed by atoms with Gasteiger partial charge in [-0.25, -0.2) is 0 Å². The second-order valence-electron chi connectivity index (χ2n) is 13.6. The minimum absolute atomic E-state index is 0.0581. The number of aromatic nitrogens is 1. The number of carbonyl (C=O) groups is 1. The first-order chi connectivity index (χ1) is 21.0. The molecule has 6 nitrogen and oxygen atoms in total. The Morgan fingerprint density at radius 1 is 1.07 bits per heavy atom. The van der Waals surface area contributed by atoms with E-state index in [1.165, 1.54) is 78.6 Å². The number of H-pyrrole nitrogens is 1. The van der Waals surface area contributed by atoms with Crippen molar-refractivity contribution in [3.05, 3.63) is 65.2 Å². The molecule has 3 aliphatic heterocycles. The molecular formula is C36H47N5OS. The Labute approximate surface area is 260 Å². The Kier molecular flexibility index (Phi) is 8.23. The van der Waals surface area contributed by atoms with Gasteiger partial charge in [-0.05, 0) is 99.3 Å². The summed E-state index contributed by atoms with van der Waals surface area (Å²) in [5, 5.41) is 5.82. The van der Waals surface area contributed by atoms with Gasteiger partial charge in [0.2, 0.25) is 0 Å². The summed E-state index contributed by atoms with van der Waals surface area (Å²) in [7, 11) is 2.25. The number of likely N-dealkylation sites (tertiary alicyclic amines) is 2. The second kappa shape index (κ2) is 12.3. The molecule has 7 rings (SSSR count). The minimum Gasteiger partial charge on any atom is -0.371 e. The lowest BCUT2D eigenvalue weighted by Crippen LogP contribution is -2.64. The number of hydrogen-bond donors (Lipinski definition) is 2. The lowest BCUT2D eigenvalue weighted by atomic mass is 9.71. The fourth-order valence-electron chi connectivity index (χ4n) is 7.82. The summed E-state index contributed by atoms with van der Waals surface area (Å²) in [6.45, 7) is 9.60. The fraction of sp³-hybridized carbons (Fsp3) is 0.528. The summed E-state index contributed by atoms with van der Waals surface area (Å²) < 4.78 is 1.21. The minimum atomic E-state index is 0.0581. The molecule has 7 heteroatoms. The van der Waals surface area contributed by atoms with E-state index in [0.29, 0.717) is 5.41 Å². The van der Waals surface area contributed by atoms with E-state index in [0.717, 1.165) is 55.2 Å². The van der Waals surface area contributed by atoms with E-state index in [2.05, 4.69) is 93.7 Å². The van der Waals surface area contributed by atoms with Gasteiger partial charge in [-0.3, -0.25) is 9.69 Å². The molecule has 1 spiro atoms. The van der Waals surface area contributed by atoms with Crippen LogP contribution in [0.2, 0.25) is 0 Å². The van der Waals surface area contributed by atoms with Crippen molar-refractivity contribution < 1.29 is 4.79 Å². The first kappa shape index (κ1) is 28.9. The quantitative estimate of drug-likeness (QED) is 0.220. The van der Waals surface area contributed by atoms with Crippen molar-refractivity contribution in [1.29, 1.82) is 0 Å². The first-order valence-corrected chi connectivity index (χ1v) is 17.4. The molecule has 1 atom stereocenters. The molecule has 1 amide bonds. The summed E-state index contributed by atoms with van der Waals surface area (Å²) in [4.78, 5) is 25.5. The van der Waals surface area contributed by atoms with Crippen LogP contribution < -0.4 is 10.2 Å². The first-order valence-electron chi connectivity index (χ1n) is 16.6. The summed E-state index contributed by atoms with van der Waals surface area (Å²) >= 11 is 1.64. The highest BCUT2D eigenvalue weighted by Crippen LogP contribution is 2.44. The van der Waals surface area contributed by atoms with Crippen LogP contribution >= 0.6 is 11.3 Å². The second-order valence-corrected chi connectivity index (χ2v) is 14.7. The number of hydrogen-bond acceptors (Lipinski definition) is 5. The van der Waals surface area contributed by atoms with Crippen LogP contribution in [0.5, 0.6) is 0 Å². The van der Waals surface area contributed by atoms with Crippen LogP contribution in [0.15, 0.2) is 54.7 Å². The van der Waals surface area contributed by atoms with Gasteiger partial charge in [0, 0.05) is 65.7 Å². The molecule has 0 aliphatic carbocycles. The predicted molar refractivity (Wildman–Crippen MR) is 181 cm³/mol. The lowest BCUT2D eigenvalue weighted by Gasteiger charge is -2.57. The molecule has 1 unspecified atom stereocenters. The van der Waals surface area contributed by atoms with Crippen molar-refractivity contribution in [3.8, 4) is 0 Å². The zero-order valence-corrected chi connectivity index (χ0v) is 26.7. The molecule has 3 fully saturated rings. The molecule has 2 aromatic heterocycles. The van der Waals surface area contributed by atoms with Gasteiger partial charge < -0.3 is 20.1 Å². The molecule has 2 aromatic carbocycles. The standard InChI is InChI=1S/C36H47N5OS/c1-3-4-7-28(20-27-23-37-32-9-6-5-8-31(27)32)38-35(42)34-21-26-10-11-30(22-33(26)43-34)40-18-14-36(15-19-40)24-41(25-36)29-12-16-39(2)17-13-29/h5-6,8-11,21-23,28-29,37H,3-4,7,12-20,24-25H2,1-2H3,(H,38,42). The van der Waals surface area contributed by atoms with Crippen molar-refractivity contribution in [3.63, 3.8) is 0 Å². The van der Waals surface area contributed by atoms with Crippen molar-refractivity contribution in [2.75, 3.05) is 51.2 Å². The predicted octanol–water partition coefficient (Wildman–Crippen LogP) is 6.91. The molecule has 2 N–H and O–H groups in total. The van der Waals surface area contributed by atoms with Gasteiger partial charge in [0.1, 0.15) is 0 Å². The Morgan fingerprint density at radius 2 is 1.86 bits per heavy atom. The molecule has 0 radical (unpaired) electrons. The van der Waals surface area contributed by atoms with E-state index in [-0.39, 0.29) is 11.9 Å². The molecule has 228 valence electrons. The smallest absolute Gasteiger partial charge is 0.261 e. The maximum Gasteiger partial charge on any atom is 0.261 e. The van der Waals surface area contributed by atoms with Crippen molar-refractivity contribution in [2.45, 2.75) is 70.4 Å². The third-order valence-electron chi connectivity index (χ3n) is 10.6. The highest BCUT2D eigenvalue weighted by molar-refractivity contribution is 7.20. The van der Waals surface area contributed by atoms with Gasteiger partial charge in [-0.1, -0.05) is 44.0 Å². The number of nitrogens with one attached hydrogen (secondary N) is 2. The zero-order valence-electron chi connectivity index (χ0n) is 25.9. The number of fused-ring (bicyclic) bond motifs is 2. The highest BCUT2D eigenvalue weighted by atomic mass is 32.1. The SMILES string of the molecule is CCCCC(Cc1c[nH]c2ccccc12)NC(=O)c1cc2ccc(N3CCC4(CC3)CN(C3CCN(C)CC3)C4)cc2s1. The number of anilines is 1. The molecule has 43 heavy (non-hydrogen) atoms. The number of piperidine rings is 2. The van der Waals surface area contributed by atoms with E-state index in [1.807, 2.05) is 0 Å². The summed E-state index contributed by atoms with van der Waals surface area (Å²) in [6.07, 6.45) is 11.4. The molecule has 5 heterocycles. The monoisotopic (exact) mass is 597 g/mol. The number of unbranched alkanes of at least 4 members (excludes halogenated alkanes) is 1. The number of aromatic amines is 1. The number of carbonyl (C=O) groups excluding carboxylic acids is 1. The van der Waals surface area contributed by atoms with Crippen molar-refractivity contribution >= 4 is 43.9 Å². The molecule has 3 saturated heterocycles. The van der Waals surface area contributed by atoms with Crippen LogP contribution in [0.1, 0.15) is 67.1 Å². The number of rotatable bonds is 9. The third kappa shape index (κ3) is 6.09. The summed E-state index contributed by atoms with van der Waals surface area (Å²) in [5.41, 5.74) is 4.28. The summed E-state index contributed by atoms with van der Waals surface area (Å²) in [5.74, 6) is 0.0581. The topological polar surface area (TPSA) is 54.6 Å². The van der Waals surface area contributed by atoms with E-state index in [1.54, 1.807) is 11.3 Å². The van der Waals surface area contributed by atoms with Crippen molar-refractivity contribution in [2.24, 2.45) is 5.41 Å². The number of thiophene rings is 1. The number of amides is 1. The van der Waals surface area contributed by atoms with Crippen LogP contribution in [-0.2, 0) is 6.42 Å². The molecular weight excluding hydrogens is 550 g/mol. The largest absolute Gasteiger partial charge is 0.371 e. The molecule has 0 bridgehead atoms. The van der Waals surface area contributed by atoms with Gasteiger partial charge in [0.15, 0.2) is 0 Å². The third-order valence-corrected chi connectivity index (χ3v) is 11.7. The molecule has 3 aliphatic rings. The Morgan fingerprint density at radius 3 is 2.65 bits per heavy atom. The van der Waals surface area contributed by atoms with Crippen molar-refractivity contribution in [1.82, 2.24) is 20.1 Å². The van der Waals surface area contributed by atoms with Gasteiger partial charge in [-0.2, -0.15) is 0 Å². The highest BCUT2D eigenvalue weighted by Gasteiger charge is 2.47. The van der Waals surface area contributed by atoms with E-state index in [9.17, 15) is 4.79 Å². The zero-order chi connectivity index (χ0) is 29.4. The Hall–Kier alpha value is -2.87. The van der Waals surface area contributed by atoms with Crippen LogP contribution in [0, 0.1) is 5.41 Å². The number of para-hydroxylation sites is 1. The lowest BCUT2D eigenvalue weighted by molar-refractivity contribution is -0.0598. The number of nitrogens with zero attached hydrogens (tertiary/aromatic N) is 3. The Bertz CT molecular complexity index is 1550. The van der Waals surface area contributed by atoms with E-state index < -0.39 is 0 Å². The van der Waals surface area contributed by atoms with Gasteiger partial charge in [0.05, 0.1) is 4.88 Å². The average Bonchev–Trinajstić information content (AvgIpc) is 3.63. The summed E-state index contributed by atoms with van der Waals surface area (Å²) in [6, 6.07) is 18.2. The maximum atomic E-state index is 13.5. The van der Waals surface area contributed by atoms with Crippen LogP contribution in [0.3, 0.4) is 0 Å². The van der Waals surface area contributed by atoms with E-state index in [4.69, 9.17) is 0 Å². The normalized spacial score (nSPS) is 20.6. The van der Waals surface area contributed by atoms with Crippen LogP contribution in [0.4, 0.5) is 5.69 Å². The van der Waals surface area contributed by atoms with Gasteiger partial charge in [0.25, 0.3) is 5.91 Å². The van der Waals surface area contributed by atoms with Crippen LogP contribution in [-0.4, -0.2) is 79.1 Å².